The van der Waals surface area contributed by atoms with Crippen LogP contribution >= 0.6 is 0 Å². The summed E-state index contributed by atoms with van der Waals surface area (Å²) in [5.41, 5.74) is 9.78. The van der Waals surface area contributed by atoms with Gasteiger partial charge in [0.25, 0.3) is 0 Å². The van der Waals surface area contributed by atoms with Crippen molar-refractivity contribution in [3.8, 4) is 17.7 Å². The largest absolute Gasteiger partial charge is 0.508 e. The van der Waals surface area contributed by atoms with Crippen molar-refractivity contribution < 1.29 is 9.84 Å². The van der Waals surface area contributed by atoms with Gasteiger partial charge >= 0.3 is 0 Å². The summed E-state index contributed by atoms with van der Waals surface area (Å²) < 4.78 is 7.58. The number of benzene rings is 2. The van der Waals surface area contributed by atoms with Crippen molar-refractivity contribution >= 4 is 0 Å². The molecule has 6 heteroatoms. The Labute approximate surface area is 156 Å². The van der Waals surface area contributed by atoms with E-state index in [1.807, 2.05) is 43.3 Å². The molecule has 4 rings (SSSR count). The molecular formula is C21H18N4O2. The van der Waals surface area contributed by atoms with Gasteiger partial charge in [-0.3, -0.25) is 0 Å². The van der Waals surface area contributed by atoms with Gasteiger partial charge in [0.05, 0.1) is 23.7 Å². The fourth-order valence-electron chi connectivity index (χ4n) is 3.48. The normalized spacial score (nSPS) is 15.8. The zero-order valence-electron chi connectivity index (χ0n) is 14.8. The van der Waals surface area contributed by atoms with Crippen LogP contribution in [0.1, 0.15) is 28.3 Å². The second-order valence-corrected chi connectivity index (χ2v) is 6.47. The predicted octanol–water partition coefficient (Wildman–Crippen LogP) is 3.16. The number of phenols is 1. The molecule has 1 atom stereocenters. The maximum absolute atomic E-state index is 9.90. The highest BCUT2D eigenvalue weighted by Gasteiger charge is 2.35. The summed E-state index contributed by atoms with van der Waals surface area (Å²) in [6.07, 6.45) is 0. The standard InChI is InChI=1S/C21H18N4O2/c1-13-18-19(15-8-5-9-16(26)10-15)17(11-22)20(23)27-21(18)25(24-13)12-14-6-3-2-4-7-14/h2-10,19,26H,12,23H2,1H3/t19-/m1/s1. The lowest BCUT2D eigenvalue weighted by Crippen LogP contribution is -2.22. The van der Waals surface area contributed by atoms with Crippen LogP contribution in [0.15, 0.2) is 66.1 Å². The van der Waals surface area contributed by atoms with E-state index in [1.165, 1.54) is 0 Å². The average molecular weight is 358 g/mol. The van der Waals surface area contributed by atoms with E-state index in [-0.39, 0.29) is 11.6 Å². The Hall–Kier alpha value is -3.72. The zero-order chi connectivity index (χ0) is 19.0. The summed E-state index contributed by atoms with van der Waals surface area (Å²) in [6, 6.07) is 18.9. The first-order valence-electron chi connectivity index (χ1n) is 8.56. The first-order chi connectivity index (χ1) is 13.1. The van der Waals surface area contributed by atoms with Crippen LogP contribution in [0, 0.1) is 18.3 Å². The van der Waals surface area contributed by atoms with E-state index in [9.17, 15) is 10.4 Å². The average Bonchev–Trinajstić information content (AvgIpc) is 2.96. The van der Waals surface area contributed by atoms with Crippen molar-refractivity contribution in [3.63, 3.8) is 0 Å². The van der Waals surface area contributed by atoms with Crippen molar-refractivity contribution in [2.24, 2.45) is 5.73 Å². The molecule has 0 unspecified atom stereocenters. The van der Waals surface area contributed by atoms with E-state index in [4.69, 9.17) is 10.5 Å². The van der Waals surface area contributed by atoms with Gasteiger partial charge in [-0.25, -0.2) is 4.68 Å². The van der Waals surface area contributed by atoms with E-state index in [0.717, 1.165) is 22.4 Å². The third-order valence-electron chi connectivity index (χ3n) is 4.67. The van der Waals surface area contributed by atoms with Gasteiger partial charge in [0.1, 0.15) is 17.4 Å². The molecule has 27 heavy (non-hydrogen) atoms. The van der Waals surface area contributed by atoms with Gasteiger partial charge < -0.3 is 15.6 Å². The Bertz CT molecular complexity index is 1080. The van der Waals surface area contributed by atoms with E-state index in [0.29, 0.717) is 18.0 Å². The Morgan fingerprint density at radius 2 is 2.00 bits per heavy atom. The number of allylic oxidation sites excluding steroid dienone is 1. The Morgan fingerprint density at radius 1 is 1.22 bits per heavy atom. The van der Waals surface area contributed by atoms with Crippen molar-refractivity contribution in [1.29, 1.82) is 5.26 Å². The lowest BCUT2D eigenvalue weighted by Gasteiger charge is -2.25. The molecule has 0 spiro atoms. The van der Waals surface area contributed by atoms with Crippen LogP contribution in [0.2, 0.25) is 0 Å². The molecule has 1 aliphatic heterocycles. The second-order valence-electron chi connectivity index (χ2n) is 6.47. The summed E-state index contributed by atoms with van der Waals surface area (Å²) in [5.74, 6) is 0.287. The molecule has 1 aliphatic rings. The number of phenolic OH excluding ortho intramolecular Hbond substituents is 1. The minimum atomic E-state index is -0.435. The molecule has 3 aromatic rings. The van der Waals surface area contributed by atoms with Gasteiger partial charge in [0, 0.05) is 0 Å². The smallest absolute Gasteiger partial charge is 0.224 e. The number of aromatic nitrogens is 2. The molecule has 134 valence electrons. The third kappa shape index (κ3) is 2.89. The molecule has 0 fully saturated rings. The highest BCUT2D eigenvalue weighted by Crippen LogP contribution is 2.44. The van der Waals surface area contributed by atoms with Crippen molar-refractivity contribution in [2.75, 3.05) is 0 Å². The first kappa shape index (κ1) is 16.7. The van der Waals surface area contributed by atoms with Gasteiger partial charge in [0.15, 0.2) is 0 Å². The highest BCUT2D eigenvalue weighted by molar-refractivity contribution is 5.56. The van der Waals surface area contributed by atoms with E-state index in [1.54, 1.807) is 22.9 Å². The van der Waals surface area contributed by atoms with E-state index < -0.39 is 5.92 Å². The summed E-state index contributed by atoms with van der Waals surface area (Å²) in [5, 5.41) is 24.2. The quantitative estimate of drug-likeness (QED) is 0.749. The summed E-state index contributed by atoms with van der Waals surface area (Å²) in [7, 11) is 0. The number of fused-ring (bicyclic) bond motifs is 1. The monoisotopic (exact) mass is 358 g/mol. The Morgan fingerprint density at radius 3 is 2.70 bits per heavy atom. The molecule has 0 saturated heterocycles. The maximum atomic E-state index is 9.90. The molecule has 2 heterocycles. The number of rotatable bonds is 3. The molecule has 0 saturated carbocycles. The number of nitrogens with zero attached hydrogens (tertiary/aromatic N) is 3. The molecule has 3 N–H and O–H groups in total. The molecular weight excluding hydrogens is 340 g/mol. The number of ether oxygens (including phenoxy) is 1. The third-order valence-corrected chi connectivity index (χ3v) is 4.67. The molecule has 1 aromatic heterocycles. The van der Waals surface area contributed by atoms with Crippen LogP contribution in [-0.4, -0.2) is 14.9 Å². The molecule has 0 bridgehead atoms. The lowest BCUT2D eigenvalue weighted by atomic mass is 9.84. The zero-order valence-corrected chi connectivity index (χ0v) is 14.8. The van der Waals surface area contributed by atoms with Gasteiger partial charge in [-0.05, 0) is 30.2 Å². The number of hydrogen-bond acceptors (Lipinski definition) is 5. The van der Waals surface area contributed by atoms with E-state index in [2.05, 4.69) is 11.2 Å². The number of hydrogen-bond donors (Lipinski definition) is 2. The minimum absolute atomic E-state index is 0.0626. The fourth-order valence-corrected chi connectivity index (χ4v) is 3.48. The molecule has 2 aromatic carbocycles. The Balaban J connectivity index is 1.86. The van der Waals surface area contributed by atoms with Gasteiger partial charge in [-0.1, -0.05) is 42.5 Å². The van der Waals surface area contributed by atoms with Gasteiger partial charge in [0.2, 0.25) is 11.8 Å². The van der Waals surface area contributed by atoms with E-state index >= 15 is 0 Å². The molecule has 0 aliphatic carbocycles. The second kappa shape index (κ2) is 6.54. The van der Waals surface area contributed by atoms with Crippen LogP contribution < -0.4 is 10.5 Å². The summed E-state index contributed by atoms with van der Waals surface area (Å²) in [6.45, 7) is 2.41. The van der Waals surface area contributed by atoms with Crippen LogP contribution in [-0.2, 0) is 6.54 Å². The van der Waals surface area contributed by atoms with Crippen LogP contribution in [0.25, 0.3) is 0 Å². The summed E-state index contributed by atoms with van der Waals surface area (Å²) in [4.78, 5) is 0. The number of nitriles is 1. The fraction of sp³-hybridized carbons (Fsp3) is 0.143. The maximum Gasteiger partial charge on any atom is 0.224 e. The van der Waals surface area contributed by atoms with Crippen LogP contribution in [0.4, 0.5) is 0 Å². The van der Waals surface area contributed by atoms with Crippen molar-refractivity contribution in [2.45, 2.75) is 19.4 Å². The number of aromatic hydroxyl groups is 1. The van der Waals surface area contributed by atoms with Crippen molar-refractivity contribution in [3.05, 3.63) is 88.4 Å². The highest BCUT2D eigenvalue weighted by atomic mass is 16.5. The van der Waals surface area contributed by atoms with Crippen molar-refractivity contribution in [1.82, 2.24) is 9.78 Å². The molecule has 6 nitrogen and oxygen atoms in total. The lowest BCUT2D eigenvalue weighted by molar-refractivity contribution is 0.352. The van der Waals surface area contributed by atoms with Gasteiger partial charge in [-0.2, -0.15) is 10.4 Å². The summed E-state index contributed by atoms with van der Waals surface area (Å²) >= 11 is 0. The van der Waals surface area contributed by atoms with Crippen LogP contribution in [0.3, 0.4) is 0 Å². The Kier molecular flexibility index (Phi) is 4.05. The SMILES string of the molecule is Cc1nn(Cc2ccccc2)c2c1[C@H](c1cccc(O)c1)C(C#N)=C(N)O2. The molecule has 0 radical (unpaired) electrons. The topological polar surface area (TPSA) is 97.1 Å². The number of aryl methyl sites for hydroxylation is 1. The van der Waals surface area contributed by atoms with Crippen LogP contribution in [0.5, 0.6) is 11.6 Å². The van der Waals surface area contributed by atoms with Gasteiger partial charge in [-0.15, -0.1) is 0 Å². The first-order valence-corrected chi connectivity index (χ1v) is 8.56. The number of nitrogens with two attached hydrogens (primary N) is 1. The molecule has 0 amide bonds. The minimum Gasteiger partial charge on any atom is -0.508 e. The predicted molar refractivity (Wildman–Crippen MR) is 99.9 cm³/mol.